The highest BCUT2D eigenvalue weighted by molar-refractivity contribution is 5.44. The summed E-state index contributed by atoms with van der Waals surface area (Å²) in [6, 6.07) is 4.03. The molecule has 1 aromatic rings. The van der Waals surface area contributed by atoms with E-state index in [-0.39, 0.29) is 5.75 Å². The number of benzene rings is 1. The third-order valence-corrected chi connectivity index (χ3v) is 4.02. The van der Waals surface area contributed by atoms with Gasteiger partial charge in [-0.3, -0.25) is 0 Å². The Labute approximate surface area is 119 Å². The Morgan fingerprint density at radius 2 is 1.90 bits per heavy atom. The molecule has 1 unspecified atom stereocenters. The average Bonchev–Trinajstić information content (AvgIpc) is 3.17. The monoisotopic (exact) mass is 308 g/mol. The molecule has 1 atom stereocenters. The molecule has 0 amide bonds. The van der Waals surface area contributed by atoms with Gasteiger partial charge in [0.25, 0.3) is 0 Å². The van der Waals surface area contributed by atoms with Crippen LogP contribution in [0.1, 0.15) is 24.8 Å². The van der Waals surface area contributed by atoms with Crippen LogP contribution in [0.25, 0.3) is 0 Å². The van der Waals surface area contributed by atoms with Crippen LogP contribution in [0.15, 0.2) is 18.2 Å². The van der Waals surface area contributed by atoms with E-state index < -0.39 is 36.0 Å². The van der Waals surface area contributed by atoms with Gasteiger partial charge in [0, 0.05) is 11.0 Å². The quantitative estimate of drug-likeness (QED) is 0.822. The van der Waals surface area contributed by atoms with E-state index >= 15 is 0 Å². The van der Waals surface area contributed by atoms with Crippen LogP contribution < -0.4 is 4.74 Å². The Morgan fingerprint density at radius 1 is 1.29 bits per heavy atom. The van der Waals surface area contributed by atoms with Gasteiger partial charge < -0.3 is 14.9 Å². The van der Waals surface area contributed by atoms with Crippen molar-refractivity contribution in [3.05, 3.63) is 29.6 Å². The number of halogens is 4. The van der Waals surface area contributed by atoms with Crippen molar-refractivity contribution in [2.45, 2.75) is 36.5 Å². The van der Waals surface area contributed by atoms with Gasteiger partial charge in [-0.2, -0.15) is 13.2 Å². The normalized spacial score (nSPS) is 20.0. The number of hydrogen-bond acceptors (Lipinski definition) is 3. The smallest absolute Gasteiger partial charge is 0.419 e. The van der Waals surface area contributed by atoms with Gasteiger partial charge in [-0.1, -0.05) is 12.1 Å². The minimum atomic E-state index is -4.96. The highest BCUT2D eigenvalue weighted by Crippen LogP contribution is 2.57. The van der Waals surface area contributed by atoms with Crippen molar-refractivity contribution in [1.29, 1.82) is 0 Å². The lowest BCUT2D eigenvalue weighted by atomic mass is 9.82. The third-order valence-electron chi connectivity index (χ3n) is 4.02. The van der Waals surface area contributed by atoms with Crippen molar-refractivity contribution in [3.8, 4) is 5.75 Å². The van der Waals surface area contributed by atoms with E-state index in [0.29, 0.717) is 18.4 Å². The van der Waals surface area contributed by atoms with Gasteiger partial charge in [-0.15, -0.1) is 0 Å². The second-order valence-electron chi connectivity index (χ2n) is 5.47. The molecule has 0 spiro atoms. The first kappa shape index (κ1) is 16.0. The highest BCUT2D eigenvalue weighted by Gasteiger charge is 2.61. The lowest BCUT2D eigenvalue weighted by Gasteiger charge is -2.33. The lowest BCUT2D eigenvalue weighted by Crippen LogP contribution is -2.50. The van der Waals surface area contributed by atoms with Crippen molar-refractivity contribution in [2.24, 2.45) is 0 Å². The summed E-state index contributed by atoms with van der Waals surface area (Å²) in [4.78, 5) is 0. The number of para-hydroxylation sites is 1. The number of rotatable bonds is 5. The molecule has 1 aliphatic carbocycles. The van der Waals surface area contributed by atoms with Crippen LogP contribution >= 0.6 is 0 Å². The van der Waals surface area contributed by atoms with Gasteiger partial charge in [-0.05, 0) is 25.3 Å². The molecule has 3 nitrogen and oxygen atoms in total. The van der Waals surface area contributed by atoms with E-state index in [4.69, 9.17) is 9.84 Å². The summed E-state index contributed by atoms with van der Waals surface area (Å²) >= 11 is 0. The summed E-state index contributed by atoms with van der Waals surface area (Å²) in [6.07, 6.45) is -4.95. The number of hydrogen-bond donors (Lipinski definition) is 2. The second kappa shape index (κ2) is 5.14. The maximum Gasteiger partial charge on any atom is 0.419 e. The summed E-state index contributed by atoms with van der Waals surface area (Å²) in [5, 5.41) is 18.7. The van der Waals surface area contributed by atoms with Gasteiger partial charge in [0.05, 0.1) is 13.7 Å². The highest BCUT2D eigenvalue weighted by atomic mass is 19.4. The summed E-state index contributed by atoms with van der Waals surface area (Å²) in [5.41, 5.74) is -3.94. The van der Waals surface area contributed by atoms with Crippen LogP contribution in [0.5, 0.6) is 5.75 Å². The number of methoxy groups -OCH3 is 1. The van der Waals surface area contributed by atoms with Crippen molar-refractivity contribution in [2.75, 3.05) is 13.7 Å². The van der Waals surface area contributed by atoms with Crippen LogP contribution in [0.3, 0.4) is 0 Å². The first-order valence-electron chi connectivity index (χ1n) is 6.42. The molecule has 0 aliphatic heterocycles. The molecule has 7 heteroatoms. The number of alkyl halides is 3. The van der Waals surface area contributed by atoms with Crippen LogP contribution in [0, 0.1) is 5.82 Å². The maximum atomic E-state index is 13.7. The minimum absolute atomic E-state index is 0.113. The molecule has 2 rings (SSSR count). The van der Waals surface area contributed by atoms with Crippen molar-refractivity contribution < 1.29 is 32.5 Å². The van der Waals surface area contributed by atoms with E-state index in [9.17, 15) is 22.7 Å². The molecule has 1 aromatic carbocycles. The van der Waals surface area contributed by atoms with E-state index in [2.05, 4.69) is 0 Å². The number of aliphatic hydroxyl groups excluding tert-OH is 1. The summed E-state index contributed by atoms with van der Waals surface area (Å²) in [7, 11) is 1.24. The molecule has 1 fully saturated rings. The number of ether oxygens (including phenoxy) is 1. The molecule has 1 saturated carbocycles. The molecule has 0 bridgehead atoms. The number of aliphatic hydroxyl groups is 2. The predicted octanol–water partition coefficient (Wildman–Crippen LogP) is 2.54. The van der Waals surface area contributed by atoms with Gasteiger partial charge in [0.2, 0.25) is 0 Å². The van der Waals surface area contributed by atoms with Crippen molar-refractivity contribution in [3.63, 3.8) is 0 Å². The fraction of sp³-hybridized carbons (Fsp3) is 0.571. The van der Waals surface area contributed by atoms with Gasteiger partial charge in [0.15, 0.2) is 17.2 Å². The van der Waals surface area contributed by atoms with E-state index in [1.807, 2.05) is 0 Å². The zero-order valence-corrected chi connectivity index (χ0v) is 11.4. The Hall–Kier alpha value is -1.34. The fourth-order valence-corrected chi connectivity index (χ4v) is 2.63. The summed E-state index contributed by atoms with van der Waals surface area (Å²) in [5.74, 6) is -0.779. The maximum absolute atomic E-state index is 13.7. The minimum Gasteiger partial charge on any atom is -0.493 e. The molecular weight excluding hydrogens is 292 g/mol. The predicted molar refractivity (Wildman–Crippen MR) is 66.6 cm³/mol. The largest absolute Gasteiger partial charge is 0.493 e. The first-order chi connectivity index (χ1) is 9.69. The zero-order valence-electron chi connectivity index (χ0n) is 11.4. The average molecular weight is 308 g/mol. The van der Waals surface area contributed by atoms with Gasteiger partial charge in [0.1, 0.15) is 0 Å². The summed E-state index contributed by atoms with van der Waals surface area (Å²) < 4.78 is 57.4. The Kier molecular flexibility index (Phi) is 3.92. The zero-order chi connectivity index (χ0) is 15.9. The molecule has 0 aromatic heterocycles. The Morgan fingerprint density at radius 3 is 2.33 bits per heavy atom. The second-order valence-corrected chi connectivity index (χ2v) is 5.47. The molecule has 21 heavy (non-hydrogen) atoms. The van der Waals surface area contributed by atoms with Crippen LogP contribution in [-0.4, -0.2) is 35.7 Å². The molecule has 118 valence electrons. The van der Waals surface area contributed by atoms with Gasteiger partial charge >= 0.3 is 6.18 Å². The van der Waals surface area contributed by atoms with Gasteiger partial charge in [-0.25, -0.2) is 4.39 Å². The van der Waals surface area contributed by atoms with Crippen LogP contribution in [0.2, 0.25) is 0 Å². The molecule has 0 radical (unpaired) electrons. The van der Waals surface area contributed by atoms with Crippen molar-refractivity contribution >= 4 is 0 Å². The van der Waals surface area contributed by atoms with E-state index in [1.165, 1.54) is 19.2 Å². The van der Waals surface area contributed by atoms with E-state index in [0.717, 1.165) is 6.07 Å². The molecule has 2 N–H and O–H groups in total. The van der Waals surface area contributed by atoms with Crippen LogP contribution in [-0.2, 0) is 5.41 Å². The SMILES string of the molecule is COc1c(F)cccc1C1(CC(O)(CO)C(F)(F)F)CC1. The molecule has 1 aliphatic rings. The Bertz CT molecular complexity index is 525. The van der Waals surface area contributed by atoms with Crippen molar-refractivity contribution in [1.82, 2.24) is 0 Å². The standard InChI is InChI=1S/C14H16F4O3/c1-21-11-9(3-2-4-10(11)15)12(5-6-12)7-13(20,8-19)14(16,17)18/h2-4,19-20H,5-8H2,1H3. The third kappa shape index (κ3) is 2.72. The molecule has 0 heterocycles. The molecular formula is C14H16F4O3. The first-order valence-corrected chi connectivity index (χ1v) is 6.42. The topological polar surface area (TPSA) is 49.7 Å². The summed E-state index contributed by atoms with van der Waals surface area (Å²) in [6.45, 7) is -1.43. The Balaban J connectivity index is 2.39. The lowest BCUT2D eigenvalue weighted by molar-refractivity contribution is -0.275. The molecule has 0 saturated heterocycles. The van der Waals surface area contributed by atoms with E-state index in [1.54, 1.807) is 0 Å². The fourth-order valence-electron chi connectivity index (χ4n) is 2.63. The van der Waals surface area contributed by atoms with Crippen LogP contribution in [0.4, 0.5) is 17.6 Å².